The molecule has 1 aromatic rings. The minimum absolute atomic E-state index is 0.102. The van der Waals surface area contributed by atoms with Gasteiger partial charge in [-0.2, -0.15) is 0 Å². The van der Waals surface area contributed by atoms with Crippen LogP contribution in [-0.2, 0) is 6.42 Å². The second-order valence-electron chi connectivity index (χ2n) is 2.42. The molecule has 0 aliphatic heterocycles. The summed E-state index contributed by atoms with van der Waals surface area (Å²) < 4.78 is 0. The van der Waals surface area contributed by atoms with Crippen molar-refractivity contribution in [2.24, 2.45) is 0 Å². The fourth-order valence-corrected chi connectivity index (χ4v) is 2.07. The van der Waals surface area contributed by atoms with E-state index in [2.05, 4.69) is 0 Å². The van der Waals surface area contributed by atoms with Gasteiger partial charge in [-0.15, -0.1) is 11.3 Å². The zero-order valence-corrected chi connectivity index (χ0v) is 7.72. The Morgan fingerprint density at radius 3 is 2.38 bits per heavy atom. The standard InChI is InChI=1S/C8H8O4S/c1-2-4-5(7(9)10)3-13-6(4)8(11)12/h3H,2H2,1H3,(H,9,10)(H,11,12). The minimum atomic E-state index is -1.07. The molecule has 0 bridgehead atoms. The van der Waals surface area contributed by atoms with E-state index in [1.165, 1.54) is 5.38 Å². The number of thiophene rings is 1. The first-order chi connectivity index (χ1) is 6.07. The number of rotatable bonds is 3. The van der Waals surface area contributed by atoms with E-state index in [1.807, 2.05) is 0 Å². The number of hydrogen-bond donors (Lipinski definition) is 2. The summed E-state index contributed by atoms with van der Waals surface area (Å²) in [5.41, 5.74) is 0.509. The number of carbonyl (C=O) groups is 2. The summed E-state index contributed by atoms with van der Waals surface area (Å²) in [6, 6.07) is 0. The fraction of sp³-hybridized carbons (Fsp3) is 0.250. The SMILES string of the molecule is CCc1c(C(=O)O)csc1C(=O)O. The van der Waals surface area contributed by atoms with E-state index in [0.717, 1.165) is 11.3 Å². The van der Waals surface area contributed by atoms with Gasteiger partial charge >= 0.3 is 11.9 Å². The zero-order chi connectivity index (χ0) is 10.0. The van der Waals surface area contributed by atoms with Crippen LogP contribution in [0.25, 0.3) is 0 Å². The smallest absolute Gasteiger partial charge is 0.346 e. The van der Waals surface area contributed by atoms with E-state index in [9.17, 15) is 9.59 Å². The predicted octanol–water partition coefficient (Wildman–Crippen LogP) is 1.71. The third-order valence-corrected chi connectivity index (χ3v) is 2.68. The van der Waals surface area contributed by atoms with E-state index in [0.29, 0.717) is 12.0 Å². The monoisotopic (exact) mass is 200 g/mol. The maximum atomic E-state index is 10.6. The maximum absolute atomic E-state index is 10.6. The Labute approximate surface area is 78.4 Å². The molecule has 0 aliphatic carbocycles. The van der Waals surface area contributed by atoms with Gasteiger partial charge in [0.25, 0.3) is 0 Å². The Morgan fingerprint density at radius 1 is 1.38 bits per heavy atom. The molecule has 0 saturated heterocycles. The van der Waals surface area contributed by atoms with Crippen molar-refractivity contribution >= 4 is 23.3 Å². The molecule has 4 nitrogen and oxygen atoms in total. The van der Waals surface area contributed by atoms with Crippen molar-refractivity contribution in [2.75, 3.05) is 0 Å². The van der Waals surface area contributed by atoms with Crippen LogP contribution in [0.1, 0.15) is 32.5 Å². The van der Waals surface area contributed by atoms with Gasteiger partial charge in [0.05, 0.1) is 5.56 Å². The first-order valence-electron chi connectivity index (χ1n) is 3.64. The first kappa shape index (κ1) is 9.73. The molecular formula is C8H8O4S. The second-order valence-corrected chi connectivity index (χ2v) is 3.30. The van der Waals surface area contributed by atoms with Crippen LogP contribution in [0.5, 0.6) is 0 Å². The minimum Gasteiger partial charge on any atom is -0.478 e. The van der Waals surface area contributed by atoms with Crippen molar-refractivity contribution < 1.29 is 19.8 Å². The van der Waals surface area contributed by atoms with E-state index in [4.69, 9.17) is 10.2 Å². The van der Waals surface area contributed by atoms with E-state index in [1.54, 1.807) is 6.92 Å². The Morgan fingerprint density at radius 2 is 2.00 bits per heavy atom. The molecule has 70 valence electrons. The lowest BCUT2D eigenvalue weighted by Crippen LogP contribution is -2.03. The predicted molar refractivity (Wildman–Crippen MR) is 47.6 cm³/mol. The van der Waals surface area contributed by atoms with Gasteiger partial charge in [-0.05, 0) is 12.0 Å². The summed E-state index contributed by atoms with van der Waals surface area (Å²) in [5, 5.41) is 18.8. The third-order valence-electron chi connectivity index (χ3n) is 1.67. The van der Waals surface area contributed by atoms with Crippen LogP contribution in [0, 0.1) is 0 Å². The summed E-state index contributed by atoms with van der Waals surface area (Å²) in [4.78, 5) is 21.4. The quantitative estimate of drug-likeness (QED) is 0.778. The van der Waals surface area contributed by atoms with Crippen LogP contribution in [-0.4, -0.2) is 22.2 Å². The molecule has 13 heavy (non-hydrogen) atoms. The Balaban J connectivity index is 3.26. The number of carboxylic acid groups (broad SMARTS) is 2. The van der Waals surface area contributed by atoms with Crippen molar-refractivity contribution in [3.63, 3.8) is 0 Å². The van der Waals surface area contributed by atoms with Crippen LogP contribution >= 0.6 is 11.3 Å². The molecule has 0 aliphatic rings. The average molecular weight is 200 g/mol. The zero-order valence-electron chi connectivity index (χ0n) is 6.90. The lowest BCUT2D eigenvalue weighted by atomic mass is 10.1. The average Bonchev–Trinajstić information content (AvgIpc) is 2.46. The lowest BCUT2D eigenvalue weighted by molar-refractivity contribution is 0.0695. The molecule has 1 aromatic heterocycles. The Kier molecular flexibility index (Phi) is 2.67. The lowest BCUT2D eigenvalue weighted by Gasteiger charge is -1.96. The first-order valence-corrected chi connectivity index (χ1v) is 4.52. The van der Waals surface area contributed by atoms with E-state index >= 15 is 0 Å². The molecule has 1 rings (SSSR count). The molecule has 1 heterocycles. The van der Waals surface area contributed by atoms with Crippen LogP contribution in [0.2, 0.25) is 0 Å². The van der Waals surface area contributed by atoms with Crippen molar-refractivity contribution in [3.05, 3.63) is 21.4 Å². The highest BCUT2D eigenvalue weighted by molar-refractivity contribution is 7.12. The van der Waals surface area contributed by atoms with Crippen molar-refractivity contribution in [1.82, 2.24) is 0 Å². The molecule has 0 aromatic carbocycles. The van der Waals surface area contributed by atoms with Crippen molar-refractivity contribution in [3.8, 4) is 0 Å². The third kappa shape index (κ3) is 1.70. The van der Waals surface area contributed by atoms with Gasteiger partial charge < -0.3 is 10.2 Å². The molecule has 0 unspecified atom stereocenters. The summed E-state index contributed by atoms with van der Waals surface area (Å²) >= 11 is 0.957. The van der Waals surface area contributed by atoms with Crippen molar-refractivity contribution in [1.29, 1.82) is 0 Å². The molecule has 5 heteroatoms. The molecule has 0 radical (unpaired) electrons. The van der Waals surface area contributed by atoms with Crippen LogP contribution in [0.15, 0.2) is 5.38 Å². The van der Waals surface area contributed by atoms with Crippen LogP contribution in [0.3, 0.4) is 0 Å². The topological polar surface area (TPSA) is 74.6 Å². The highest BCUT2D eigenvalue weighted by atomic mass is 32.1. The van der Waals surface area contributed by atoms with Gasteiger partial charge in [0.15, 0.2) is 0 Å². The summed E-state index contributed by atoms with van der Waals surface area (Å²) in [5.74, 6) is -2.13. The molecule has 0 fully saturated rings. The summed E-state index contributed by atoms with van der Waals surface area (Å²) in [6.07, 6.45) is 0.423. The van der Waals surface area contributed by atoms with Gasteiger partial charge in [0.2, 0.25) is 0 Å². The number of hydrogen-bond acceptors (Lipinski definition) is 3. The van der Waals surface area contributed by atoms with Crippen LogP contribution < -0.4 is 0 Å². The normalized spacial score (nSPS) is 9.92. The highest BCUT2D eigenvalue weighted by Crippen LogP contribution is 2.23. The Bertz CT molecular complexity index is 322. The van der Waals surface area contributed by atoms with Gasteiger partial charge in [-0.3, -0.25) is 0 Å². The molecule has 0 spiro atoms. The number of aromatic carboxylic acids is 2. The van der Waals surface area contributed by atoms with Gasteiger partial charge in [-0.25, -0.2) is 9.59 Å². The molecule has 0 amide bonds. The molecule has 2 N–H and O–H groups in total. The van der Waals surface area contributed by atoms with Gasteiger partial charge in [0.1, 0.15) is 4.88 Å². The maximum Gasteiger partial charge on any atom is 0.346 e. The van der Waals surface area contributed by atoms with E-state index in [-0.39, 0.29) is 10.4 Å². The van der Waals surface area contributed by atoms with E-state index < -0.39 is 11.9 Å². The van der Waals surface area contributed by atoms with Crippen molar-refractivity contribution in [2.45, 2.75) is 13.3 Å². The van der Waals surface area contributed by atoms with Gasteiger partial charge in [-0.1, -0.05) is 6.92 Å². The summed E-state index contributed by atoms with van der Waals surface area (Å²) in [7, 11) is 0. The molecule has 0 saturated carbocycles. The summed E-state index contributed by atoms with van der Waals surface area (Å²) in [6.45, 7) is 1.74. The van der Waals surface area contributed by atoms with Crippen LogP contribution in [0.4, 0.5) is 0 Å². The Hall–Kier alpha value is -1.36. The highest BCUT2D eigenvalue weighted by Gasteiger charge is 2.19. The van der Waals surface area contributed by atoms with Gasteiger partial charge in [0, 0.05) is 5.38 Å². The molecular weight excluding hydrogens is 192 g/mol. The fourth-order valence-electron chi connectivity index (χ4n) is 1.09. The number of carboxylic acids is 2. The largest absolute Gasteiger partial charge is 0.478 e. The second kappa shape index (κ2) is 3.57. The molecule has 0 atom stereocenters.